The van der Waals surface area contributed by atoms with Gasteiger partial charge >= 0.3 is 0 Å². The molecule has 4 nitrogen and oxygen atoms in total. The van der Waals surface area contributed by atoms with Crippen LogP contribution in [0.4, 0.5) is 0 Å². The fraction of sp³-hybridized carbons (Fsp3) is 0.158. The molecule has 4 heteroatoms. The van der Waals surface area contributed by atoms with Gasteiger partial charge < -0.3 is 19.3 Å². The van der Waals surface area contributed by atoms with E-state index in [1.54, 1.807) is 31.4 Å². The molecule has 0 bridgehead atoms. The van der Waals surface area contributed by atoms with Gasteiger partial charge in [0.05, 0.1) is 14.2 Å². The Hall–Kier alpha value is -3.06. The van der Waals surface area contributed by atoms with Crippen LogP contribution in [0.15, 0.2) is 54.6 Å². The van der Waals surface area contributed by atoms with Gasteiger partial charge in [0.15, 0.2) is 11.5 Å². The van der Waals surface area contributed by atoms with Crippen molar-refractivity contribution in [3.8, 4) is 34.8 Å². The third-order valence-electron chi connectivity index (χ3n) is 3.00. The van der Waals surface area contributed by atoms with E-state index in [2.05, 4.69) is 11.8 Å². The van der Waals surface area contributed by atoms with Crippen molar-refractivity contribution in [1.29, 1.82) is 0 Å². The van der Waals surface area contributed by atoms with Gasteiger partial charge in [-0.15, -0.1) is 0 Å². The molecular weight excluding hydrogens is 292 g/mol. The molecule has 2 rings (SSSR count). The maximum atomic E-state index is 9.66. The first-order chi connectivity index (χ1) is 11.2. The molecule has 23 heavy (non-hydrogen) atoms. The smallest absolute Gasteiger partial charge is 0.160 e. The molecule has 118 valence electrons. The lowest BCUT2D eigenvalue weighted by molar-refractivity contribution is 0.361. The van der Waals surface area contributed by atoms with Crippen LogP contribution in [-0.4, -0.2) is 25.9 Å². The van der Waals surface area contributed by atoms with E-state index < -0.39 is 0 Å². The standard InChI is InChI=1S/C19H18O4/c1-21-16-8-10-17(11-9-16)23-13-5-3-4-6-15-7-12-19(22-2)18(20)14-15/h3,5,7-12,14,20H,13H2,1-2H3/b5-3+. The van der Waals surface area contributed by atoms with E-state index >= 15 is 0 Å². The predicted octanol–water partition coefficient (Wildman–Crippen LogP) is 3.40. The Morgan fingerprint density at radius 3 is 2.39 bits per heavy atom. The minimum absolute atomic E-state index is 0.0751. The Morgan fingerprint density at radius 1 is 1.00 bits per heavy atom. The first-order valence-electron chi connectivity index (χ1n) is 7.03. The van der Waals surface area contributed by atoms with Crippen LogP contribution in [0.5, 0.6) is 23.0 Å². The van der Waals surface area contributed by atoms with Crippen molar-refractivity contribution in [2.45, 2.75) is 0 Å². The van der Waals surface area contributed by atoms with Gasteiger partial charge in [-0.1, -0.05) is 11.8 Å². The quantitative estimate of drug-likeness (QED) is 0.860. The number of rotatable bonds is 5. The summed E-state index contributed by atoms with van der Waals surface area (Å²) in [4.78, 5) is 0. The van der Waals surface area contributed by atoms with Crippen molar-refractivity contribution >= 4 is 0 Å². The van der Waals surface area contributed by atoms with Gasteiger partial charge in [-0.3, -0.25) is 0 Å². The zero-order chi connectivity index (χ0) is 16.5. The molecule has 0 aromatic heterocycles. The summed E-state index contributed by atoms with van der Waals surface area (Å²) in [5.74, 6) is 7.88. The molecule has 0 saturated carbocycles. The van der Waals surface area contributed by atoms with E-state index in [4.69, 9.17) is 14.2 Å². The SMILES string of the molecule is COc1ccc(OC/C=C/C#Cc2ccc(OC)c(O)c2)cc1. The van der Waals surface area contributed by atoms with Gasteiger partial charge in [-0.05, 0) is 54.6 Å². The molecule has 0 saturated heterocycles. The van der Waals surface area contributed by atoms with Crippen molar-refractivity contribution in [2.75, 3.05) is 20.8 Å². The number of phenolic OH excluding ortho intramolecular Hbond substituents is 1. The van der Waals surface area contributed by atoms with E-state index in [1.807, 2.05) is 30.3 Å². The van der Waals surface area contributed by atoms with E-state index in [0.717, 1.165) is 11.5 Å². The summed E-state index contributed by atoms with van der Waals surface area (Å²) in [5, 5.41) is 9.66. The molecule has 0 atom stereocenters. The zero-order valence-electron chi connectivity index (χ0n) is 13.1. The summed E-state index contributed by atoms with van der Waals surface area (Å²) in [6.07, 6.45) is 3.53. The summed E-state index contributed by atoms with van der Waals surface area (Å²) >= 11 is 0. The minimum Gasteiger partial charge on any atom is -0.504 e. The van der Waals surface area contributed by atoms with Crippen molar-refractivity contribution < 1.29 is 19.3 Å². The molecule has 0 fully saturated rings. The lowest BCUT2D eigenvalue weighted by atomic mass is 10.2. The summed E-state index contributed by atoms with van der Waals surface area (Å²) < 4.78 is 15.6. The summed E-state index contributed by atoms with van der Waals surface area (Å²) in [7, 11) is 3.13. The average Bonchev–Trinajstić information content (AvgIpc) is 2.58. The highest BCUT2D eigenvalue weighted by Crippen LogP contribution is 2.25. The first-order valence-corrected chi connectivity index (χ1v) is 7.03. The van der Waals surface area contributed by atoms with E-state index in [9.17, 15) is 5.11 Å². The van der Waals surface area contributed by atoms with Crippen molar-refractivity contribution in [3.05, 3.63) is 60.2 Å². The van der Waals surface area contributed by atoms with Crippen LogP contribution in [0.25, 0.3) is 0 Å². The maximum absolute atomic E-state index is 9.66. The Morgan fingerprint density at radius 2 is 1.74 bits per heavy atom. The highest BCUT2D eigenvalue weighted by atomic mass is 16.5. The summed E-state index contributed by atoms with van der Waals surface area (Å²) in [6.45, 7) is 0.425. The van der Waals surface area contributed by atoms with Crippen LogP contribution in [0, 0.1) is 11.8 Å². The number of allylic oxidation sites excluding steroid dienone is 1. The Kier molecular flexibility index (Phi) is 5.96. The van der Waals surface area contributed by atoms with E-state index in [-0.39, 0.29) is 5.75 Å². The van der Waals surface area contributed by atoms with E-state index in [0.29, 0.717) is 17.9 Å². The van der Waals surface area contributed by atoms with Gasteiger partial charge in [0.1, 0.15) is 18.1 Å². The second-order valence-electron chi connectivity index (χ2n) is 4.54. The molecular formula is C19H18O4. The van der Waals surface area contributed by atoms with Crippen molar-refractivity contribution in [1.82, 2.24) is 0 Å². The Labute approximate surface area is 135 Å². The molecule has 0 aliphatic rings. The third-order valence-corrected chi connectivity index (χ3v) is 3.00. The van der Waals surface area contributed by atoms with Crippen LogP contribution in [-0.2, 0) is 0 Å². The third kappa shape index (κ3) is 5.01. The Balaban J connectivity index is 1.84. The maximum Gasteiger partial charge on any atom is 0.160 e. The second-order valence-corrected chi connectivity index (χ2v) is 4.54. The topological polar surface area (TPSA) is 47.9 Å². The average molecular weight is 310 g/mol. The minimum atomic E-state index is 0.0751. The lowest BCUT2D eigenvalue weighted by Gasteiger charge is -2.03. The van der Waals surface area contributed by atoms with Gasteiger partial charge in [-0.2, -0.15) is 0 Å². The summed E-state index contributed by atoms with van der Waals surface area (Å²) in [5.41, 5.74) is 0.712. The fourth-order valence-electron chi connectivity index (χ4n) is 1.82. The molecule has 0 aliphatic heterocycles. The van der Waals surface area contributed by atoms with Gasteiger partial charge in [0.25, 0.3) is 0 Å². The molecule has 2 aromatic rings. The monoisotopic (exact) mass is 310 g/mol. The number of benzene rings is 2. The molecule has 0 spiro atoms. The number of aromatic hydroxyl groups is 1. The zero-order valence-corrected chi connectivity index (χ0v) is 13.1. The molecule has 0 radical (unpaired) electrons. The number of hydrogen-bond donors (Lipinski definition) is 1. The molecule has 1 N–H and O–H groups in total. The first kappa shape index (κ1) is 16.3. The van der Waals surface area contributed by atoms with Crippen LogP contribution in [0.1, 0.15) is 5.56 Å². The van der Waals surface area contributed by atoms with Gasteiger partial charge in [-0.25, -0.2) is 0 Å². The number of phenols is 1. The van der Waals surface area contributed by atoms with Gasteiger partial charge in [0.2, 0.25) is 0 Å². The predicted molar refractivity (Wildman–Crippen MR) is 89.2 cm³/mol. The van der Waals surface area contributed by atoms with Crippen LogP contribution >= 0.6 is 0 Å². The van der Waals surface area contributed by atoms with Crippen LogP contribution in [0.2, 0.25) is 0 Å². The van der Waals surface area contributed by atoms with Crippen LogP contribution in [0.3, 0.4) is 0 Å². The number of methoxy groups -OCH3 is 2. The number of ether oxygens (including phenoxy) is 3. The second kappa shape index (κ2) is 8.40. The molecule has 0 aliphatic carbocycles. The highest BCUT2D eigenvalue weighted by molar-refractivity contribution is 5.48. The fourth-order valence-corrected chi connectivity index (χ4v) is 1.82. The van der Waals surface area contributed by atoms with Crippen LogP contribution < -0.4 is 14.2 Å². The molecule has 0 unspecified atom stereocenters. The van der Waals surface area contributed by atoms with E-state index in [1.165, 1.54) is 7.11 Å². The lowest BCUT2D eigenvalue weighted by Crippen LogP contribution is -1.92. The molecule has 0 heterocycles. The van der Waals surface area contributed by atoms with Crippen molar-refractivity contribution in [2.24, 2.45) is 0 Å². The van der Waals surface area contributed by atoms with Crippen molar-refractivity contribution in [3.63, 3.8) is 0 Å². The molecule has 0 amide bonds. The number of hydrogen-bond acceptors (Lipinski definition) is 4. The highest BCUT2D eigenvalue weighted by Gasteiger charge is 1.99. The Bertz CT molecular complexity index is 721. The van der Waals surface area contributed by atoms with Gasteiger partial charge in [0, 0.05) is 5.56 Å². The molecule has 2 aromatic carbocycles. The largest absolute Gasteiger partial charge is 0.504 e. The normalized spacial score (nSPS) is 10.0. The summed E-state index contributed by atoms with van der Waals surface area (Å²) in [6, 6.07) is 12.4.